The molecule has 1 saturated heterocycles. The predicted molar refractivity (Wildman–Crippen MR) is 71.1 cm³/mol. The van der Waals surface area contributed by atoms with Crippen LogP contribution in [0.4, 0.5) is 0 Å². The molecule has 1 aliphatic carbocycles. The smallest absolute Gasteiger partial charge is 0.0703 e. The van der Waals surface area contributed by atoms with Crippen LogP contribution >= 0.6 is 0 Å². The van der Waals surface area contributed by atoms with Gasteiger partial charge in [0.25, 0.3) is 0 Å². The summed E-state index contributed by atoms with van der Waals surface area (Å²) in [5.74, 6) is 0. The third-order valence-electron chi connectivity index (χ3n) is 4.66. The molecular weight excluding hydrogens is 212 g/mol. The molecule has 0 aromatic heterocycles. The normalized spacial score (nSPS) is 28.8. The SMILES string of the molecule is CCN(CC1CCCO1)C1(CN)CCCCC1. The Bertz CT molecular complexity index is 220. The van der Waals surface area contributed by atoms with E-state index in [1.54, 1.807) is 0 Å². The molecule has 0 aromatic carbocycles. The average molecular weight is 240 g/mol. The zero-order chi connectivity index (χ0) is 12.1. The quantitative estimate of drug-likeness (QED) is 0.800. The zero-order valence-corrected chi connectivity index (χ0v) is 11.3. The van der Waals surface area contributed by atoms with Crippen molar-refractivity contribution in [3.05, 3.63) is 0 Å². The molecule has 100 valence electrons. The van der Waals surface area contributed by atoms with Crippen molar-refractivity contribution in [2.24, 2.45) is 5.73 Å². The first-order chi connectivity index (χ1) is 8.30. The maximum Gasteiger partial charge on any atom is 0.0703 e. The monoisotopic (exact) mass is 240 g/mol. The van der Waals surface area contributed by atoms with E-state index >= 15 is 0 Å². The van der Waals surface area contributed by atoms with Gasteiger partial charge in [0.1, 0.15) is 0 Å². The van der Waals surface area contributed by atoms with Gasteiger partial charge >= 0.3 is 0 Å². The van der Waals surface area contributed by atoms with Gasteiger partial charge in [-0.3, -0.25) is 4.90 Å². The van der Waals surface area contributed by atoms with Crippen LogP contribution in [0.15, 0.2) is 0 Å². The summed E-state index contributed by atoms with van der Waals surface area (Å²) in [5, 5.41) is 0. The molecule has 0 spiro atoms. The van der Waals surface area contributed by atoms with Crippen LogP contribution in [0.3, 0.4) is 0 Å². The van der Waals surface area contributed by atoms with Crippen molar-refractivity contribution < 1.29 is 4.74 Å². The molecule has 2 fully saturated rings. The molecular formula is C14H28N2O. The van der Waals surface area contributed by atoms with Crippen molar-refractivity contribution in [3.63, 3.8) is 0 Å². The summed E-state index contributed by atoms with van der Waals surface area (Å²) in [6, 6.07) is 0. The van der Waals surface area contributed by atoms with E-state index < -0.39 is 0 Å². The lowest BCUT2D eigenvalue weighted by atomic mass is 9.80. The highest BCUT2D eigenvalue weighted by atomic mass is 16.5. The molecule has 1 atom stereocenters. The van der Waals surface area contributed by atoms with Crippen molar-refractivity contribution in [2.45, 2.75) is 63.5 Å². The molecule has 17 heavy (non-hydrogen) atoms. The van der Waals surface area contributed by atoms with Crippen LogP contribution in [0, 0.1) is 0 Å². The molecule has 2 rings (SSSR count). The van der Waals surface area contributed by atoms with Crippen molar-refractivity contribution in [1.82, 2.24) is 4.90 Å². The van der Waals surface area contributed by atoms with Crippen LogP contribution in [0.25, 0.3) is 0 Å². The van der Waals surface area contributed by atoms with Gasteiger partial charge in [-0.2, -0.15) is 0 Å². The summed E-state index contributed by atoms with van der Waals surface area (Å²) in [6.45, 7) is 6.23. The second-order valence-electron chi connectivity index (χ2n) is 5.66. The van der Waals surface area contributed by atoms with E-state index in [-0.39, 0.29) is 5.54 Å². The first-order valence-corrected chi connectivity index (χ1v) is 7.37. The van der Waals surface area contributed by atoms with Gasteiger partial charge < -0.3 is 10.5 Å². The van der Waals surface area contributed by atoms with Crippen molar-refractivity contribution in [3.8, 4) is 0 Å². The highest BCUT2D eigenvalue weighted by Crippen LogP contribution is 2.33. The number of nitrogens with zero attached hydrogens (tertiary/aromatic N) is 1. The van der Waals surface area contributed by atoms with Gasteiger partial charge in [-0.15, -0.1) is 0 Å². The largest absolute Gasteiger partial charge is 0.377 e. The Kier molecular flexibility index (Phi) is 4.83. The molecule has 1 heterocycles. The number of rotatable bonds is 5. The van der Waals surface area contributed by atoms with Gasteiger partial charge in [0.15, 0.2) is 0 Å². The Balaban J connectivity index is 1.97. The van der Waals surface area contributed by atoms with E-state index in [9.17, 15) is 0 Å². The minimum Gasteiger partial charge on any atom is -0.377 e. The second kappa shape index (κ2) is 6.17. The fourth-order valence-corrected chi connectivity index (χ4v) is 3.55. The Labute approximate surface area is 106 Å². The van der Waals surface area contributed by atoms with E-state index in [4.69, 9.17) is 10.5 Å². The summed E-state index contributed by atoms with van der Waals surface area (Å²) < 4.78 is 5.78. The molecule has 0 amide bonds. The lowest BCUT2D eigenvalue weighted by molar-refractivity contribution is 0.00688. The lowest BCUT2D eigenvalue weighted by Gasteiger charge is -2.46. The molecule has 1 aliphatic heterocycles. The highest BCUT2D eigenvalue weighted by molar-refractivity contribution is 4.94. The average Bonchev–Trinajstić information content (AvgIpc) is 2.89. The first kappa shape index (κ1) is 13.3. The molecule has 3 nitrogen and oxygen atoms in total. The van der Waals surface area contributed by atoms with Gasteiger partial charge in [-0.25, -0.2) is 0 Å². The third-order valence-corrected chi connectivity index (χ3v) is 4.66. The van der Waals surface area contributed by atoms with Crippen LogP contribution in [0.2, 0.25) is 0 Å². The summed E-state index contributed by atoms with van der Waals surface area (Å²) in [7, 11) is 0. The predicted octanol–water partition coefficient (Wildman–Crippen LogP) is 2.15. The molecule has 0 radical (unpaired) electrons. The van der Waals surface area contributed by atoms with E-state index in [0.29, 0.717) is 6.10 Å². The van der Waals surface area contributed by atoms with Crippen LogP contribution in [-0.2, 0) is 4.74 Å². The summed E-state index contributed by atoms with van der Waals surface area (Å²) in [6.07, 6.45) is 9.57. The Hall–Kier alpha value is -0.120. The summed E-state index contributed by atoms with van der Waals surface area (Å²) >= 11 is 0. The first-order valence-electron chi connectivity index (χ1n) is 7.37. The van der Waals surface area contributed by atoms with Crippen LogP contribution in [-0.4, -0.2) is 42.8 Å². The number of hydrogen-bond acceptors (Lipinski definition) is 3. The van der Waals surface area contributed by atoms with Crippen LogP contribution in [0.5, 0.6) is 0 Å². The maximum absolute atomic E-state index is 6.11. The topological polar surface area (TPSA) is 38.5 Å². The van der Waals surface area contributed by atoms with E-state index in [2.05, 4.69) is 11.8 Å². The Morgan fingerprint density at radius 1 is 1.24 bits per heavy atom. The van der Waals surface area contributed by atoms with Crippen molar-refractivity contribution in [2.75, 3.05) is 26.2 Å². The minimum absolute atomic E-state index is 0.277. The Morgan fingerprint density at radius 2 is 2.00 bits per heavy atom. The number of ether oxygens (including phenoxy) is 1. The molecule has 2 N–H and O–H groups in total. The molecule has 0 bridgehead atoms. The minimum atomic E-state index is 0.277. The second-order valence-corrected chi connectivity index (χ2v) is 5.66. The van der Waals surface area contributed by atoms with Gasteiger partial charge in [0.2, 0.25) is 0 Å². The third kappa shape index (κ3) is 3.01. The summed E-state index contributed by atoms with van der Waals surface area (Å²) in [5.41, 5.74) is 6.38. The molecule has 2 aliphatic rings. The summed E-state index contributed by atoms with van der Waals surface area (Å²) in [4.78, 5) is 2.61. The van der Waals surface area contributed by atoms with Crippen LogP contribution < -0.4 is 5.73 Å². The number of hydrogen-bond donors (Lipinski definition) is 1. The fraction of sp³-hybridized carbons (Fsp3) is 1.00. The maximum atomic E-state index is 6.11. The molecule has 3 heteroatoms. The molecule has 0 aromatic rings. The molecule has 1 saturated carbocycles. The van der Waals surface area contributed by atoms with Gasteiger partial charge in [0, 0.05) is 25.2 Å². The number of nitrogens with two attached hydrogens (primary N) is 1. The van der Waals surface area contributed by atoms with Crippen molar-refractivity contribution >= 4 is 0 Å². The van der Waals surface area contributed by atoms with E-state index in [1.807, 2.05) is 0 Å². The lowest BCUT2D eigenvalue weighted by Crippen LogP contribution is -2.56. The molecule has 1 unspecified atom stereocenters. The fourth-order valence-electron chi connectivity index (χ4n) is 3.55. The van der Waals surface area contributed by atoms with E-state index in [0.717, 1.165) is 26.2 Å². The van der Waals surface area contributed by atoms with Gasteiger partial charge in [-0.05, 0) is 32.2 Å². The zero-order valence-electron chi connectivity index (χ0n) is 11.3. The Morgan fingerprint density at radius 3 is 2.53 bits per heavy atom. The number of likely N-dealkylation sites (N-methyl/N-ethyl adjacent to an activating group) is 1. The van der Waals surface area contributed by atoms with Crippen LogP contribution in [0.1, 0.15) is 51.9 Å². The highest BCUT2D eigenvalue weighted by Gasteiger charge is 2.37. The van der Waals surface area contributed by atoms with E-state index in [1.165, 1.54) is 44.9 Å². The van der Waals surface area contributed by atoms with Crippen molar-refractivity contribution in [1.29, 1.82) is 0 Å². The standard InChI is InChI=1S/C14H28N2O/c1-2-16(11-13-7-6-10-17-13)14(12-15)8-4-3-5-9-14/h13H,2-12,15H2,1H3. The van der Waals surface area contributed by atoms with Gasteiger partial charge in [-0.1, -0.05) is 26.2 Å². The van der Waals surface area contributed by atoms with Gasteiger partial charge in [0.05, 0.1) is 6.10 Å².